The first kappa shape index (κ1) is 13.0. The summed E-state index contributed by atoms with van der Waals surface area (Å²) in [6.45, 7) is 4.25. The molecular formula is C18H21NO. The van der Waals surface area contributed by atoms with Gasteiger partial charge in [0.15, 0.2) is 0 Å². The van der Waals surface area contributed by atoms with E-state index in [9.17, 15) is 5.11 Å². The zero-order chi connectivity index (χ0) is 14.1. The van der Waals surface area contributed by atoms with E-state index >= 15 is 0 Å². The lowest BCUT2D eigenvalue weighted by Crippen LogP contribution is -2.17. The van der Waals surface area contributed by atoms with Gasteiger partial charge in [-0.2, -0.15) is 0 Å². The minimum Gasteiger partial charge on any atom is -0.508 e. The smallest absolute Gasteiger partial charge is 0.115 e. The van der Waals surface area contributed by atoms with Crippen LogP contribution in [0.2, 0.25) is 0 Å². The highest BCUT2D eigenvalue weighted by Gasteiger charge is 2.20. The van der Waals surface area contributed by atoms with Crippen LogP contribution in [0.3, 0.4) is 0 Å². The Morgan fingerprint density at radius 3 is 2.80 bits per heavy atom. The van der Waals surface area contributed by atoms with Crippen LogP contribution >= 0.6 is 0 Å². The van der Waals surface area contributed by atoms with Gasteiger partial charge in [-0.25, -0.2) is 0 Å². The molecular weight excluding hydrogens is 246 g/mol. The van der Waals surface area contributed by atoms with Crippen LogP contribution in [0, 0.1) is 13.8 Å². The van der Waals surface area contributed by atoms with Crippen molar-refractivity contribution in [2.24, 2.45) is 0 Å². The molecule has 0 saturated carbocycles. The van der Waals surface area contributed by atoms with Crippen LogP contribution < -0.4 is 5.32 Å². The van der Waals surface area contributed by atoms with Gasteiger partial charge < -0.3 is 10.4 Å². The number of benzene rings is 2. The Bertz CT molecular complexity index is 633. The fourth-order valence-corrected chi connectivity index (χ4v) is 3.02. The second-order valence-corrected chi connectivity index (χ2v) is 5.79. The number of aryl methyl sites for hydroxylation is 3. The third kappa shape index (κ3) is 2.51. The summed E-state index contributed by atoms with van der Waals surface area (Å²) in [6, 6.07) is 12.6. The molecule has 0 saturated heterocycles. The highest BCUT2D eigenvalue weighted by Crippen LogP contribution is 2.35. The van der Waals surface area contributed by atoms with E-state index in [2.05, 4.69) is 43.4 Å². The molecule has 0 spiro atoms. The van der Waals surface area contributed by atoms with E-state index in [1.165, 1.54) is 34.4 Å². The van der Waals surface area contributed by atoms with Crippen molar-refractivity contribution in [2.75, 3.05) is 5.32 Å². The van der Waals surface area contributed by atoms with E-state index in [0.29, 0.717) is 11.8 Å². The predicted octanol–water partition coefficient (Wildman–Crippen LogP) is 4.50. The molecule has 0 fully saturated rings. The van der Waals surface area contributed by atoms with Crippen molar-refractivity contribution in [3.8, 4) is 5.75 Å². The SMILES string of the molecule is Cc1ccc(C)c(NC2CCCc3ccc(O)cc32)c1. The van der Waals surface area contributed by atoms with Crippen molar-refractivity contribution in [1.82, 2.24) is 0 Å². The van der Waals surface area contributed by atoms with Crippen LogP contribution in [-0.4, -0.2) is 5.11 Å². The third-order valence-corrected chi connectivity index (χ3v) is 4.17. The van der Waals surface area contributed by atoms with E-state index in [4.69, 9.17) is 0 Å². The summed E-state index contributed by atoms with van der Waals surface area (Å²) < 4.78 is 0. The van der Waals surface area contributed by atoms with Crippen molar-refractivity contribution < 1.29 is 5.11 Å². The first-order valence-corrected chi connectivity index (χ1v) is 7.29. The van der Waals surface area contributed by atoms with Crippen LogP contribution in [0.15, 0.2) is 36.4 Å². The van der Waals surface area contributed by atoms with Gasteiger partial charge in [-0.05, 0) is 73.6 Å². The molecule has 2 nitrogen and oxygen atoms in total. The van der Waals surface area contributed by atoms with E-state index in [1.54, 1.807) is 6.07 Å². The highest BCUT2D eigenvalue weighted by atomic mass is 16.3. The molecule has 104 valence electrons. The summed E-state index contributed by atoms with van der Waals surface area (Å²) in [5.74, 6) is 0.360. The van der Waals surface area contributed by atoms with E-state index < -0.39 is 0 Å². The van der Waals surface area contributed by atoms with Gasteiger partial charge in [-0.3, -0.25) is 0 Å². The molecule has 2 aromatic rings. The second kappa shape index (κ2) is 5.20. The Balaban J connectivity index is 1.93. The van der Waals surface area contributed by atoms with Crippen molar-refractivity contribution in [1.29, 1.82) is 0 Å². The number of anilines is 1. The Labute approximate surface area is 120 Å². The van der Waals surface area contributed by atoms with Gasteiger partial charge in [0.25, 0.3) is 0 Å². The lowest BCUT2D eigenvalue weighted by molar-refractivity contribution is 0.471. The molecule has 1 atom stereocenters. The lowest BCUT2D eigenvalue weighted by Gasteiger charge is -2.28. The summed E-state index contributed by atoms with van der Waals surface area (Å²) >= 11 is 0. The number of fused-ring (bicyclic) bond motifs is 1. The van der Waals surface area contributed by atoms with Crippen molar-refractivity contribution >= 4 is 5.69 Å². The Kier molecular flexibility index (Phi) is 3.39. The number of nitrogens with one attached hydrogen (secondary N) is 1. The molecule has 0 radical (unpaired) electrons. The van der Waals surface area contributed by atoms with Gasteiger partial charge in [0, 0.05) is 5.69 Å². The molecule has 2 heteroatoms. The summed E-state index contributed by atoms with van der Waals surface area (Å²) in [4.78, 5) is 0. The van der Waals surface area contributed by atoms with Gasteiger partial charge in [0.2, 0.25) is 0 Å². The van der Waals surface area contributed by atoms with E-state index in [0.717, 1.165) is 12.8 Å². The molecule has 0 heterocycles. The topological polar surface area (TPSA) is 32.3 Å². The Hall–Kier alpha value is -1.96. The number of phenols is 1. The van der Waals surface area contributed by atoms with Crippen LogP contribution in [0.4, 0.5) is 5.69 Å². The zero-order valence-electron chi connectivity index (χ0n) is 12.1. The van der Waals surface area contributed by atoms with E-state index in [-0.39, 0.29) is 0 Å². The monoisotopic (exact) mass is 267 g/mol. The molecule has 0 aliphatic heterocycles. The zero-order valence-corrected chi connectivity index (χ0v) is 12.1. The molecule has 1 unspecified atom stereocenters. The number of rotatable bonds is 2. The molecule has 1 aliphatic carbocycles. The minimum atomic E-state index is 0.298. The number of phenolic OH excluding ortho intramolecular Hbond substituents is 1. The maximum atomic E-state index is 9.74. The van der Waals surface area contributed by atoms with Gasteiger partial charge in [-0.1, -0.05) is 18.2 Å². The Morgan fingerprint density at radius 1 is 1.10 bits per heavy atom. The number of hydrogen-bond acceptors (Lipinski definition) is 2. The third-order valence-electron chi connectivity index (χ3n) is 4.17. The molecule has 2 N–H and O–H groups in total. The largest absolute Gasteiger partial charge is 0.508 e. The minimum absolute atomic E-state index is 0.298. The molecule has 2 aromatic carbocycles. The summed E-state index contributed by atoms with van der Waals surface area (Å²) in [7, 11) is 0. The summed E-state index contributed by atoms with van der Waals surface area (Å²) in [5, 5.41) is 13.4. The number of hydrogen-bond donors (Lipinski definition) is 2. The highest BCUT2D eigenvalue weighted by molar-refractivity contribution is 5.55. The average Bonchev–Trinajstić information content (AvgIpc) is 2.43. The van der Waals surface area contributed by atoms with Gasteiger partial charge in [-0.15, -0.1) is 0 Å². The predicted molar refractivity (Wildman–Crippen MR) is 83.3 cm³/mol. The lowest BCUT2D eigenvalue weighted by atomic mass is 9.87. The van der Waals surface area contributed by atoms with Gasteiger partial charge >= 0.3 is 0 Å². The van der Waals surface area contributed by atoms with Crippen LogP contribution in [-0.2, 0) is 6.42 Å². The van der Waals surface area contributed by atoms with Gasteiger partial charge in [0.05, 0.1) is 6.04 Å². The molecule has 20 heavy (non-hydrogen) atoms. The average molecular weight is 267 g/mol. The van der Waals surface area contributed by atoms with Crippen molar-refractivity contribution in [2.45, 2.75) is 39.2 Å². The van der Waals surface area contributed by atoms with Crippen LogP contribution in [0.5, 0.6) is 5.75 Å². The molecule has 3 rings (SSSR count). The standard InChI is InChI=1S/C18H21NO/c1-12-6-7-13(2)18(10-12)19-17-5-3-4-14-8-9-15(20)11-16(14)17/h6-11,17,19-20H,3-5H2,1-2H3. The first-order chi connectivity index (χ1) is 9.63. The van der Waals surface area contributed by atoms with Crippen LogP contribution in [0.25, 0.3) is 0 Å². The molecule has 1 aliphatic rings. The molecule has 0 amide bonds. The van der Waals surface area contributed by atoms with Crippen LogP contribution in [0.1, 0.15) is 41.1 Å². The quantitative estimate of drug-likeness (QED) is 0.839. The number of aromatic hydroxyl groups is 1. The maximum Gasteiger partial charge on any atom is 0.115 e. The summed E-state index contributed by atoms with van der Waals surface area (Å²) in [5.41, 5.74) is 6.34. The van der Waals surface area contributed by atoms with Gasteiger partial charge in [0.1, 0.15) is 5.75 Å². The van der Waals surface area contributed by atoms with Crippen molar-refractivity contribution in [3.05, 3.63) is 58.7 Å². The molecule has 0 aromatic heterocycles. The Morgan fingerprint density at radius 2 is 1.95 bits per heavy atom. The maximum absolute atomic E-state index is 9.74. The second-order valence-electron chi connectivity index (χ2n) is 5.79. The summed E-state index contributed by atoms with van der Waals surface area (Å²) in [6.07, 6.45) is 3.42. The normalized spacial score (nSPS) is 17.6. The fourth-order valence-electron chi connectivity index (χ4n) is 3.02. The fraction of sp³-hybridized carbons (Fsp3) is 0.333. The van der Waals surface area contributed by atoms with E-state index in [1.807, 2.05) is 6.07 Å². The van der Waals surface area contributed by atoms with Crippen molar-refractivity contribution in [3.63, 3.8) is 0 Å². The first-order valence-electron chi connectivity index (χ1n) is 7.29. The molecule has 0 bridgehead atoms.